The van der Waals surface area contributed by atoms with Gasteiger partial charge >= 0.3 is 19.9 Å². The van der Waals surface area contributed by atoms with Crippen molar-refractivity contribution in [1.82, 2.24) is 8.61 Å². The molecule has 0 atom stereocenters. The molecule has 0 aromatic heterocycles. The Morgan fingerprint density at radius 3 is 1.19 bits per heavy atom. The molecular weight excluding hydrogens is 599 g/mol. The molecule has 2 rings (SSSR count). The van der Waals surface area contributed by atoms with Crippen LogP contribution in [0, 0.1) is 0 Å². The van der Waals surface area contributed by atoms with Gasteiger partial charge in [-0.3, -0.25) is 0 Å². The summed E-state index contributed by atoms with van der Waals surface area (Å²) in [5, 5.41) is 0. The van der Waals surface area contributed by atoms with E-state index in [0.717, 1.165) is 23.6 Å². The maximum atomic E-state index is 12.3. The zero-order valence-electron chi connectivity index (χ0n) is 25.9. The maximum Gasteiger partial charge on any atom is 0.576 e. The molecule has 0 aliphatic carbocycles. The van der Waals surface area contributed by atoms with Crippen LogP contribution in [0.4, 0.5) is 9.59 Å². The summed E-state index contributed by atoms with van der Waals surface area (Å²) >= 11 is 0. The Bertz CT molecular complexity index is 1340. The van der Waals surface area contributed by atoms with Crippen LogP contribution in [0.3, 0.4) is 0 Å². The largest absolute Gasteiger partial charge is 0.576 e. The molecule has 2 aromatic rings. The van der Waals surface area contributed by atoms with Crippen molar-refractivity contribution in [3.63, 3.8) is 0 Å². The third kappa shape index (κ3) is 13.2. The van der Waals surface area contributed by atoms with Gasteiger partial charge in [0.15, 0.2) is 0 Å². The second-order valence-corrected chi connectivity index (χ2v) is 15.6. The fourth-order valence-electron chi connectivity index (χ4n) is 3.54. The summed E-state index contributed by atoms with van der Waals surface area (Å²) in [6.45, 7) is 9.84. The molecule has 43 heavy (non-hydrogen) atoms. The molecular formula is C28H41BN2O10S2. The highest BCUT2D eigenvalue weighted by Crippen LogP contribution is 2.18. The SMILES string of the molecule is CC(C)(C)OC(=O)N(CCc1ccc(OBOc2ccc(CCN(C(=O)OC(C)(C)C)S(C)(=O)=O)cc2)cc1)S(C)(=O)=O. The predicted molar refractivity (Wildman–Crippen MR) is 164 cm³/mol. The fourth-order valence-corrected chi connectivity index (χ4v) is 5.00. The van der Waals surface area contributed by atoms with Crippen LogP contribution >= 0.6 is 0 Å². The first-order chi connectivity index (χ1) is 19.6. The van der Waals surface area contributed by atoms with E-state index in [4.69, 9.17) is 18.8 Å². The average Bonchev–Trinajstić information content (AvgIpc) is 2.82. The molecule has 0 spiro atoms. The number of sulfonamides is 2. The molecule has 0 saturated heterocycles. The van der Waals surface area contributed by atoms with Crippen LogP contribution in [0.2, 0.25) is 0 Å². The first-order valence-corrected chi connectivity index (χ1v) is 17.2. The Labute approximate surface area is 255 Å². The van der Waals surface area contributed by atoms with Gasteiger partial charge in [-0.25, -0.2) is 35.0 Å². The van der Waals surface area contributed by atoms with Gasteiger partial charge in [-0.15, -0.1) is 0 Å². The topological polar surface area (TPSA) is 146 Å². The number of hydrogen-bond acceptors (Lipinski definition) is 10. The molecule has 0 N–H and O–H groups in total. The lowest BCUT2D eigenvalue weighted by molar-refractivity contribution is 0.0380. The van der Waals surface area contributed by atoms with E-state index in [9.17, 15) is 26.4 Å². The third-order valence-electron chi connectivity index (χ3n) is 5.50. The minimum absolute atomic E-state index is 0.0691. The van der Waals surface area contributed by atoms with E-state index >= 15 is 0 Å². The van der Waals surface area contributed by atoms with Crippen molar-refractivity contribution in [1.29, 1.82) is 0 Å². The third-order valence-corrected chi connectivity index (χ3v) is 7.76. The summed E-state index contributed by atoms with van der Waals surface area (Å²) in [5.41, 5.74) is -0.0628. The zero-order valence-corrected chi connectivity index (χ0v) is 27.6. The van der Waals surface area contributed by atoms with Gasteiger partial charge in [-0.2, -0.15) is 0 Å². The minimum Gasteiger partial charge on any atom is -0.529 e. The van der Waals surface area contributed by atoms with Crippen molar-refractivity contribution in [3.05, 3.63) is 59.7 Å². The fraction of sp³-hybridized carbons (Fsp3) is 0.500. The number of carbonyl (C=O) groups excluding carboxylic acids is 2. The molecule has 0 aliphatic rings. The second kappa shape index (κ2) is 14.3. The maximum absolute atomic E-state index is 12.3. The quantitative estimate of drug-likeness (QED) is 0.313. The first-order valence-electron chi connectivity index (χ1n) is 13.5. The molecule has 238 valence electrons. The van der Waals surface area contributed by atoms with Gasteiger partial charge in [0.25, 0.3) is 0 Å². The van der Waals surface area contributed by atoms with E-state index in [-0.39, 0.29) is 33.6 Å². The molecule has 0 heterocycles. The van der Waals surface area contributed by atoms with E-state index in [1.807, 2.05) is 0 Å². The van der Waals surface area contributed by atoms with Crippen molar-refractivity contribution >= 4 is 39.9 Å². The van der Waals surface area contributed by atoms with Crippen LogP contribution in [0.1, 0.15) is 52.7 Å². The van der Waals surface area contributed by atoms with Crippen LogP contribution in [-0.2, 0) is 42.4 Å². The van der Waals surface area contributed by atoms with Gasteiger partial charge < -0.3 is 18.8 Å². The Morgan fingerprint density at radius 2 is 0.930 bits per heavy atom. The predicted octanol–water partition coefficient (Wildman–Crippen LogP) is 3.89. The lowest BCUT2D eigenvalue weighted by atomic mass is 10.1. The van der Waals surface area contributed by atoms with E-state index < -0.39 is 43.4 Å². The number of ether oxygens (including phenoxy) is 2. The summed E-state index contributed by atoms with van der Waals surface area (Å²) in [6.07, 6.45) is 0.652. The number of rotatable bonds is 12. The number of benzene rings is 2. The molecule has 0 unspecified atom stereocenters. The van der Waals surface area contributed by atoms with Crippen LogP contribution in [0.25, 0.3) is 0 Å². The van der Waals surface area contributed by atoms with Crippen molar-refractivity contribution in [2.24, 2.45) is 0 Å². The van der Waals surface area contributed by atoms with Crippen molar-refractivity contribution in [2.75, 3.05) is 25.6 Å². The van der Waals surface area contributed by atoms with Crippen molar-refractivity contribution in [3.8, 4) is 11.5 Å². The van der Waals surface area contributed by atoms with Gasteiger partial charge in [0.05, 0.1) is 12.5 Å². The van der Waals surface area contributed by atoms with Gasteiger partial charge in [0, 0.05) is 13.1 Å². The summed E-state index contributed by atoms with van der Waals surface area (Å²) in [7, 11) is -7.70. The van der Waals surface area contributed by atoms with E-state index in [1.54, 1.807) is 90.1 Å². The number of amides is 2. The summed E-state index contributed by atoms with van der Waals surface area (Å²) in [6, 6.07) is 13.9. The van der Waals surface area contributed by atoms with Crippen LogP contribution in [-0.4, -0.2) is 82.1 Å². The highest BCUT2D eigenvalue weighted by molar-refractivity contribution is 7.89. The lowest BCUT2D eigenvalue weighted by Crippen LogP contribution is -2.41. The van der Waals surface area contributed by atoms with Gasteiger partial charge in [0.1, 0.15) is 22.7 Å². The monoisotopic (exact) mass is 640 g/mol. The summed E-state index contributed by atoms with van der Waals surface area (Å²) < 4.78 is 71.5. The number of carbonyl (C=O) groups is 2. The molecule has 15 heteroatoms. The van der Waals surface area contributed by atoms with Gasteiger partial charge in [0.2, 0.25) is 20.0 Å². The smallest absolute Gasteiger partial charge is 0.529 e. The van der Waals surface area contributed by atoms with Gasteiger partial charge in [-0.05, 0) is 89.8 Å². The van der Waals surface area contributed by atoms with Crippen molar-refractivity contribution < 1.29 is 45.2 Å². The van der Waals surface area contributed by atoms with E-state index in [0.29, 0.717) is 20.1 Å². The second-order valence-electron chi connectivity index (χ2n) is 11.8. The van der Waals surface area contributed by atoms with Crippen LogP contribution in [0.5, 0.6) is 11.5 Å². The number of hydrogen-bond donors (Lipinski definition) is 0. The zero-order chi connectivity index (χ0) is 32.6. The normalized spacial score (nSPS) is 12.2. The van der Waals surface area contributed by atoms with E-state index in [1.165, 1.54) is 0 Å². The Kier molecular flexibility index (Phi) is 11.9. The van der Waals surface area contributed by atoms with Crippen LogP contribution < -0.4 is 9.31 Å². The summed E-state index contributed by atoms with van der Waals surface area (Å²) in [5.74, 6) is 1.05. The molecule has 0 aliphatic heterocycles. The molecule has 12 nitrogen and oxygen atoms in total. The Hall–Kier alpha value is -3.46. The van der Waals surface area contributed by atoms with Crippen LogP contribution in [0.15, 0.2) is 48.5 Å². The summed E-state index contributed by atoms with van der Waals surface area (Å²) in [4.78, 5) is 24.7. The minimum atomic E-state index is -3.81. The Balaban J connectivity index is 1.87. The highest BCUT2D eigenvalue weighted by atomic mass is 32.2. The van der Waals surface area contributed by atoms with E-state index in [2.05, 4.69) is 0 Å². The van der Waals surface area contributed by atoms with Crippen molar-refractivity contribution in [2.45, 2.75) is 65.6 Å². The molecule has 0 fully saturated rings. The molecule has 2 aromatic carbocycles. The molecule has 0 saturated carbocycles. The standard InChI is InChI=1S/C28H41BN2O10S2/c1-27(2,3)38-25(32)30(42(7,34)35)19-17-21-9-13-23(14-10-21)40-29-41-24-15-11-22(12-16-24)18-20-31(43(8,36)37)26(33)39-28(4,5)6/h9-16,29H,17-20H2,1-8H3. The number of nitrogens with zero attached hydrogens (tertiary/aromatic N) is 2. The first kappa shape index (κ1) is 35.7. The lowest BCUT2D eigenvalue weighted by Gasteiger charge is -2.25. The average molecular weight is 641 g/mol. The molecule has 0 bridgehead atoms. The molecule has 2 amide bonds. The van der Waals surface area contributed by atoms with Gasteiger partial charge in [-0.1, -0.05) is 24.3 Å². The molecule has 0 radical (unpaired) electrons. The Morgan fingerprint density at radius 1 is 0.628 bits per heavy atom. The highest BCUT2D eigenvalue weighted by Gasteiger charge is 2.29.